The average molecular weight is 320 g/mol. The van der Waals surface area contributed by atoms with E-state index in [1.807, 2.05) is 31.2 Å². The van der Waals surface area contributed by atoms with Crippen LogP contribution >= 0.6 is 15.9 Å². The standard InChI is InChI=1S/C16H18BrNO/c1-3-19-16-9-8-14(17)10-13(16)11-18-15-7-5-4-6-12(15)2/h4-10,18H,3,11H2,1-2H3. The maximum Gasteiger partial charge on any atom is 0.124 e. The highest BCUT2D eigenvalue weighted by Crippen LogP contribution is 2.25. The van der Waals surface area contributed by atoms with Gasteiger partial charge in [0, 0.05) is 22.3 Å². The summed E-state index contributed by atoms with van der Waals surface area (Å²) in [5.74, 6) is 0.937. The van der Waals surface area contributed by atoms with Crippen LogP contribution in [0, 0.1) is 6.92 Å². The molecule has 0 aliphatic carbocycles. The molecular formula is C16H18BrNO. The first-order valence-corrected chi connectivity index (χ1v) is 7.20. The van der Waals surface area contributed by atoms with E-state index in [1.165, 1.54) is 5.56 Å². The second-order valence-electron chi connectivity index (χ2n) is 4.35. The van der Waals surface area contributed by atoms with Crippen molar-refractivity contribution in [3.8, 4) is 5.75 Å². The van der Waals surface area contributed by atoms with Crippen LogP contribution in [0.3, 0.4) is 0 Å². The fraction of sp³-hybridized carbons (Fsp3) is 0.250. The Labute approximate surface area is 122 Å². The first kappa shape index (κ1) is 13.9. The Morgan fingerprint density at radius 1 is 1.16 bits per heavy atom. The van der Waals surface area contributed by atoms with Crippen LogP contribution in [0.2, 0.25) is 0 Å². The Bertz CT molecular complexity index is 554. The van der Waals surface area contributed by atoms with Gasteiger partial charge in [-0.25, -0.2) is 0 Å². The molecule has 1 N–H and O–H groups in total. The van der Waals surface area contributed by atoms with E-state index in [9.17, 15) is 0 Å². The Hall–Kier alpha value is -1.48. The summed E-state index contributed by atoms with van der Waals surface area (Å²) < 4.78 is 6.72. The maximum absolute atomic E-state index is 5.65. The molecule has 0 heterocycles. The molecule has 2 nitrogen and oxygen atoms in total. The van der Waals surface area contributed by atoms with Crippen molar-refractivity contribution in [3.63, 3.8) is 0 Å². The highest BCUT2D eigenvalue weighted by Gasteiger charge is 2.05. The molecule has 0 amide bonds. The number of hydrogen-bond donors (Lipinski definition) is 1. The Balaban J connectivity index is 2.14. The lowest BCUT2D eigenvalue weighted by atomic mass is 10.1. The van der Waals surface area contributed by atoms with Gasteiger partial charge in [0.05, 0.1) is 6.61 Å². The van der Waals surface area contributed by atoms with Crippen molar-refractivity contribution in [2.24, 2.45) is 0 Å². The second kappa shape index (κ2) is 6.62. The number of rotatable bonds is 5. The summed E-state index contributed by atoms with van der Waals surface area (Å²) in [4.78, 5) is 0. The molecule has 2 rings (SSSR count). The van der Waals surface area contributed by atoms with Gasteiger partial charge >= 0.3 is 0 Å². The summed E-state index contributed by atoms with van der Waals surface area (Å²) >= 11 is 3.50. The molecule has 0 fully saturated rings. The molecule has 3 heteroatoms. The molecule has 2 aromatic rings. The molecule has 0 bridgehead atoms. The number of ether oxygens (including phenoxy) is 1. The van der Waals surface area contributed by atoms with E-state index >= 15 is 0 Å². The van der Waals surface area contributed by atoms with Crippen LogP contribution in [0.15, 0.2) is 46.9 Å². The van der Waals surface area contributed by atoms with Crippen molar-refractivity contribution in [3.05, 3.63) is 58.1 Å². The van der Waals surface area contributed by atoms with Gasteiger partial charge in [-0.05, 0) is 43.7 Å². The van der Waals surface area contributed by atoms with Gasteiger partial charge in [0.1, 0.15) is 5.75 Å². The maximum atomic E-state index is 5.65. The second-order valence-corrected chi connectivity index (χ2v) is 5.27. The zero-order valence-corrected chi connectivity index (χ0v) is 12.8. The first-order valence-electron chi connectivity index (χ1n) is 6.41. The molecule has 0 saturated carbocycles. The molecule has 0 aliphatic heterocycles. The minimum atomic E-state index is 0.680. The summed E-state index contributed by atoms with van der Waals surface area (Å²) in [6, 6.07) is 14.4. The van der Waals surface area contributed by atoms with Crippen molar-refractivity contribution in [1.29, 1.82) is 0 Å². The minimum Gasteiger partial charge on any atom is -0.494 e. The number of para-hydroxylation sites is 1. The fourth-order valence-corrected chi connectivity index (χ4v) is 2.35. The molecule has 2 aromatic carbocycles. The van der Waals surface area contributed by atoms with Gasteiger partial charge in [-0.2, -0.15) is 0 Å². The van der Waals surface area contributed by atoms with Gasteiger partial charge in [0.15, 0.2) is 0 Å². The normalized spacial score (nSPS) is 10.3. The van der Waals surface area contributed by atoms with Crippen LogP contribution in [-0.4, -0.2) is 6.61 Å². The third-order valence-corrected chi connectivity index (χ3v) is 3.43. The van der Waals surface area contributed by atoms with Crippen LogP contribution in [0.1, 0.15) is 18.1 Å². The van der Waals surface area contributed by atoms with E-state index in [0.717, 1.165) is 28.0 Å². The zero-order chi connectivity index (χ0) is 13.7. The molecule has 19 heavy (non-hydrogen) atoms. The number of nitrogens with one attached hydrogen (secondary N) is 1. The summed E-state index contributed by atoms with van der Waals surface area (Å²) in [5.41, 5.74) is 3.56. The first-order chi connectivity index (χ1) is 9.20. The minimum absolute atomic E-state index is 0.680. The van der Waals surface area contributed by atoms with Crippen molar-refractivity contribution in [1.82, 2.24) is 0 Å². The monoisotopic (exact) mass is 319 g/mol. The largest absolute Gasteiger partial charge is 0.494 e. The topological polar surface area (TPSA) is 21.3 Å². The molecule has 0 atom stereocenters. The lowest BCUT2D eigenvalue weighted by Crippen LogP contribution is -2.04. The van der Waals surface area contributed by atoms with E-state index < -0.39 is 0 Å². The van der Waals surface area contributed by atoms with Gasteiger partial charge in [0.2, 0.25) is 0 Å². The molecule has 0 saturated heterocycles. The molecule has 0 unspecified atom stereocenters. The summed E-state index contributed by atoms with van der Waals surface area (Å²) in [5, 5.41) is 3.45. The summed E-state index contributed by atoms with van der Waals surface area (Å²) in [6.07, 6.45) is 0. The van der Waals surface area contributed by atoms with Gasteiger partial charge in [-0.1, -0.05) is 34.1 Å². The molecule has 0 spiro atoms. The molecule has 0 radical (unpaired) electrons. The number of hydrogen-bond acceptors (Lipinski definition) is 2. The number of anilines is 1. The highest BCUT2D eigenvalue weighted by molar-refractivity contribution is 9.10. The number of aryl methyl sites for hydroxylation is 1. The van der Waals surface area contributed by atoms with Crippen LogP contribution in [0.25, 0.3) is 0 Å². The lowest BCUT2D eigenvalue weighted by Gasteiger charge is -2.13. The predicted octanol–water partition coefficient (Wildman–Crippen LogP) is 4.77. The van der Waals surface area contributed by atoms with Crippen LogP contribution in [0.4, 0.5) is 5.69 Å². The van der Waals surface area contributed by atoms with Crippen LogP contribution < -0.4 is 10.1 Å². The Morgan fingerprint density at radius 2 is 1.95 bits per heavy atom. The van der Waals surface area contributed by atoms with Gasteiger partial charge in [0.25, 0.3) is 0 Å². The van der Waals surface area contributed by atoms with Crippen LogP contribution in [-0.2, 0) is 6.54 Å². The Kier molecular flexibility index (Phi) is 4.86. The van der Waals surface area contributed by atoms with E-state index in [4.69, 9.17) is 4.74 Å². The van der Waals surface area contributed by atoms with Crippen molar-refractivity contribution in [2.75, 3.05) is 11.9 Å². The van der Waals surface area contributed by atoms with Gasteiger partial charge < -0.3 is 10.1 Å². The number of benzene rings is 2. The quantitative estimate of drug-likeness (QED) is 0.857. The van der Waals surface area contributed by atoms with Gasteiger partial charge in [-0.15, -0.1) is 0 Å². The lowest BCUT2D eigenvalue weighted by molar-refractivity contribution is 0.337. The predicted molar refractivity (Wildman–Crippen MR) is 83.8 cm³/mol. The van der Waals surface area contributed by atoms with E-state index in [0.29, 0.717) is 6.61 Å². The fourth-order valence-electron chi connectivity index (χ4n) is 1.94. The highest BCUT2D eigenvalue weighted by atomic mass is 79.9. The molecule has 100 valence electrons. The zero-order valence-electron chi connectivity index (χ0n) is 11.2. The SMILES string of the molecule is CCOc1ccc(Br)cc1CNc1ccccc1C. The molecule has 0 aliphatic rings. The van der Waals surface area contributed by atoms with E-state index in [2.05, 4.69) is 46.4 Å². The van der Waals surface area contributed by atoms with Crippen molar-refractivity contribution >= 4 is 21.6 Å². The third-order valence-electron chi connectivity index (χ3n) is 2.94. The van der Waals surface area contributed by atoms with Gasteiger partial charge in [-0.3, -0.25) is 0 Å². The summed E-state index contributed by atoms with van der Waals surface area (Å²) in [6.45, 7) is 5.53. The average Bonchev–Trinajstić information content (AvgIpc) is 2.41. The molecular weight excluding hydrogens is 302 g/mol. The van der Waals surface area contributed by atoms with E-state index in [1.54, 1.807) is 0 Å². The summed E-state index contributed by atoms with van der Waals surface area (Å²) in [7, 11) is 0. The van der Waals surface area contributed by atoms with E-state index in [-0.39, 0.29) is 0 Å². The Morgan fingerprint density at radius 3 is 2.68 bits per heavy atom. The van der Waals surface area contributed by atoms with Crippen LogP contribution in [0.5, 0.6) is 5.75 Å². The smallest absolute Gasteiger partial charge is 0.124 e. The number of halogens is 1. The van der Waals surface area contributed by atoms with Crippen molar-refractivity contribution in [2.45, 2.75) is 20.4 Å². The molecule has 0 aromatic heterocycles. The van der Waals surface area contributed by atoms with Crippen molar-refractivity contribution < 1.29 is 4.74 Å². The third kappa shape index (κ3) is 3.74.